The fraction of sp³-hybridized carbons (Fsp3) is 0.0667. The summed E-state index contributed by atoms with van der Waals surface area (Å²) >= 11 is 11.9. The van der Waals surface area contributed by atoms with Crippen molar-refractivity contribution in [1.29, 1.82) is 0 Å². The van der Waals surface area contributed by atoms with Gasteiger partial charge in [0.25, 0.3) is 0 Å². The Hall–Kier alpha value is -2.44. The number of carboxylic acids is 1. The Morgan fingerprint density at radius 3 is 2.78 bits per heavy atom. The number of halogens is 2. The summed E-state index contributed by atoms with van der Waals surface area (Å²) in [6.07, 6.45) is 1.50. The van der Waals surface area contributed by atoms with Crippen molar-refractivity contribution in [3.63, 3.8) is 0 Å². The highest BCUT2D eigenvalue weighted by molar-refractivity contribution is 6.36. The number of benzene rings is 1. The van der Waals surface area contributed by atoms with Crippen LogP contribution in [0.15, 0.2) is 52.8 Å². The second-order valence-corrected chi connectivity index (χ2v) is 5.52. The van der Waals surface area contributed by atoms with Gasteiger partial charge in [0.2, 0.25) is 0 Å². The van der Waals surface area contributed by atoms with Gasteiger partial charge < -0.3 is 5.11 Å². The molecule has 2 heterocycles. The highest BCUT2D eigenvalue weighted by atomic mass is 35.5. The summed E-state index contributed by atoms with van der Waals surface area (Å²) in [4.78, 5) is 15.3. The summed E-state index contributed by atoms with van der Waals surface area (Å²) in [6.45, 7) is 0. The average Bonchev–Trinajstić information content (AvgIpc) is 2.83. The molecule has 1 aromatic carbocycles. The lowest BCUT2D eigenvalue weighted by molar-refractivity contribution is -0.136. The van der Waals surface area contributed by atoms with E-state index in [1.165, 1.54) is 0 Å². The van der Waals surface area contributed by atoms with E-state index >= 15 is 0 Å². The maximum atomic E-state index is 11.0. The number of pyridine rings is 1. The number of carbonyl (C=O) groups is 1. The number of imidazole rings is 1. The number of hydrogen-bond acceptors (Lipinski definition) is 4. The second kappa shape index (κ2) is 6.36. The Bertz CT molecular complexity index is 921. The first kappa shape index (κ1) is 15.5. The lowest BCUT2D eigenvalue weighted by Gasteiger charge is -1.99. The maximum absolute atomic E-state index is 11.0. The third kappa shape index (κ3) is 3.33. The van der Waals surface area contributed by atoms with E-state index in [4.69, 9.17) is 28.3 Å². The Balaban J connectivity index is 2.07. The molecule has 0 spiro atoms. The summed E-state index contributed by atoms with van der Waals surface area (Å²) in [6, 6.07) is 10.2. The van der Waals surface area contributed by atoms with Crippen molar-refractivity contribution >= 4 is 46.3 Å². The molecule has 0 unspecified atom stereocenters. The third-order valence-electron chi connectivity index (χ3n) is 3.06. The molecule has 0 atom stereocenters. The summed E-state index contributed by atoms with van der Waals surface area (Å²) in [5, 5.41) is 18.1. The van der Waals surface area contributed by atoms with E-state index in [1.54, 1.807) is 40.9 Å². The molecule has 0 radical (unpaired) electrons. The molecule has 0 amide bonds. The average molecular weight is 349 g/mol. The van der Waals surface area contributed by atoms with E-state index in [2.05, 4.69) is 15.2 Å². The number of azo groups is 1. The van der Waals surface area contributed by atoms with Crippen LogP contribution in [0.2, 0.25) is 10.0 Å². The number of carboxylic acid groups (broad SMARTS) is 1. The summed E-state index contributed by atoms with van der Waals surface area (Å²) in [7, 11) is 0. The van der Waals surface area contributed by atoms with Gasteiger partial charge in [-0.15, -0.1) is 10.2 Å². The first-order chi connectivity index (χ1) is 11.0. The topological polar surface area (TPSA) is 79.3 Å². The molecule has 0 saturated carbocycles. The fourth-order valence-electron chi connectivity index (χ4n) is 2.06. The van der Waals surface area contributed by atoms with Crippen LogP contribution in [0, 0.1) is 0 Å². The minimum Gasteiger partial charge on any atom is -0.481 e. The predicted molar refractivity (Wildman–Crippen MR) is 87.2 cm³/mol. The van der Waals surface area contributed by atoms with Crippen molar-refractivity contribution < 1.29 is 9.90 Å². The van der Waals surface area contributed by atoms with Crippen molar-refractivity contribution in [1.82, 2.24) is 9.38 Å². The van der Waals surface area contributed by atoms with Crippen molar-refractivity contribution in [2.45, 2.75) is 6.42 Å². The zero-order chi connectivity index (χ0) is 16.4. The molecule has 23 heavy (non-hydrogen) atoms. The van der Waals surface area contributed by atoms with Crippen LogP contribution in [-0.4, -0.2) is 20.5 Å². The minimum atomic E-state index is -0.991. The molecule has 3 aromatic rings. The fourth-order valence-corrected chi connectivity index (χ4v) is 2.51. The molecular weight excluding hydrogens is 339 g/mol. The van der Waals surface area contributed by atoms with Gasteiger partial charge in [0.1, 0.15) is 11.3 Å². The molecule has 0 aliphatic heterocycles. The van der Waals surface area contributed by atoms with Crippen LogP contribution < -0.4 is 0 Å². The maximum Gasteiger partial charge on any atom is 0.309 e. The molecule has 0 bridgehead atoms. The zero-order valence-electron chi connectivity index (χ0n) is 11.6. The molecular formula is C15H10Cl2N4O2. The highest BCUT2D eigenvalue weighted by Gasteiger charge is 2.14. The van der Waals surface area contributed by atoms with Crippen LogP contribution in [-0.2, 0) is 11.2 Å². The van der Waals surface area contributed by atoms with Crippen molar-refractivity contribution in [3.8, 4) is 0 Å². The first-order valence-corrected chi connectivity index (χ1v) is 7.35. The van der Waals surface area contributed by atoms with E-state index in [0.717, 1.165) is 0 Å². The molecule has 6 nitrogen and oxygen atoms in total. The number of hydrogen-bond donors (Lipinski definition) is 1. The van der Waals surface area contributed by atoms with E-state index < -0.39 is 5.97 Å². The van der Waals surface area contributed by atoms with Crippen LogP contribution in [0.3, 0.4) is 0 Å². The van der Waals surface area contributed by atoms with E-state index in [9.17, 15) is 4.79 Å². The number of aliphatic carboxylic acids is 1. The third-order valence-corrected chi connectivity index (χ3v) is 3.59. The van der Waals surface area contributed by atoms with Crippen molar-refractivity contribution in [3.05, 3.63) is 58.3 Å². The predicted octanol–water partition coefficient (Wildman–Crippen LogP) is 4.68. The van der Waals surface area contributed by atoms with Crippen LogP contribution in [0.25, 0.3) is 5.65 Å². The van der Waals surface area contributed by atoms with Crippen LogP contribution in [0.5, 0.6) is 0 Å². The van der Waals surface area contributed by atoms with Crippen LogP contribution in [0.1, 0.15) is 5.69 Å². The molecule has 1 N–H and O–H groups in total. The van der Waals surface area contributed by atoms with Gasteiger partial charge >= 0.3 is 5.97 Å². The largest absolute Gasteiger partial charge is 0.481 e. The molecule has 0 saturated heterocycles. The summed E-state index contributed by atoms with van der Waals surface area (Å²) < 4.78 is 1.67. The highest BCUT2D eigenvalue weighted by Crippen LogP contribution is 2.30. The molecule has 2 aromatic heterocycles. The van der Waals surface area contributed by atoms with Gasteiger partial charge in [0, 0.05) is 11.2 Å². The van der Waals surface area contributed by atoms with Gasteiger partial charge in [-0.2, -0.15) is 0 Å². The lowest BCUT2D eigenvalue weighted by atomic mass is 10.3. The molecule has 0 aliphatic rings. The van der Waals surface area contributed by atoms with E-state index in [1.807, 2.05) is 6.07 Å². The number of fused-ring (bicyclic) bond motifs is 1. The number of rotatable bonds is 4. The molecule has 116 valence electrons. The van der Waals surface area contributed by atoms with Crippen LogP contribution >= 0.6 is 23.2 Å². The second-order valence-electron chi connectivity index (χ2n) is 4.68. The molecule has 0 aliphatic carbocycles. The van der Waals surface area contributed by atoms with Gasteiger partial charge in [0.05, 0.1) is 17.1 Å². The van der Waals surface area contributed by atoms with E-state index in [0.29, 0.717) is 32.9 Å². The zero-order valence-corrected chi connectivity index (χ0v) is 13.2. The quantitative estimate of drug-likeness (QED) is 0.695. The SMILES string of the molecule is O=C(O)Cc1nc2ccccn2c1N=Nc1ccc(Cl)cc1Cl. The van der Waals surface area contributed by atoms with Crippen molar-refractivity contribution in [2.75, 3.05) is 0 Å². The van der Waals surface area contributed by atoms with E-state index in [-0.39, 0.29) is 6.42 Å². The van der Waals surface area contributed by atoms with Gasteiger partial charge in [-0.1, -0.05) is 29.3 Å². The van der Waals surface area contributed by atoms with Crippen LogP contribution in [0.4, 0.5) is 11.5 Å². The lowest BCUT2D eigenvalue weighted by Crippen LogP contribution is -2.00. The molecule has 0 fully saturated rings. The van der Waals surface area contributed by atoms with Crippen molar-refractivity contribution in [2.24, 2.45) is 10.2 Å². The normalized spacial score (nSPS) is 11.4. The minimum absolute atomic E-state index is 0.246. The summed E-state index contributed by atoms with van der Waals surface area (Å²) in [5.74, 6) is -0.636. The monoisotopic (exact) mass is 348 g/mol. The smallest absolute Gasteiger partial charge is 0.309 e. The standard InChI is InChI=1S/C15H10Cl2N4O2/c16-9-4-5-11(10(17)7-9)19-20-15-12(8-14(22)23)18-13-3-1-2-6-21(13)15/h1-7H,8H2,(H,22,23). The number of aromatic nitrogens is 2. The van der Waals surface area contributed by atoms with Gasteiger partial charge in [-0.05, 0) is 30.3 Å². The summed E-state index contributed by atoms with van der Waals surface area (Å²) in [5.41, 5.74) is 1.36. The Morgan fingerprint density at radius 2 is 2.04 bits per heavy atom. The number of nitrogens with zero attached hydrogens (tertiary/aromatic N) is 4. The molecule has 3 rings (SSSR count). The van der Waals surface area contributed by atoms with Gasteiger partial charge in [-0.25, -0.2) is 4.98 Å². The Labute approximate surface area is 141 Å². The Morgan fingerprint density at radius 1 is 1.22 bits per heavy atom. The van der Waals surface area contributed by atoms with Gasteiger partial charge in [-0.3, -0.25) is 9.20 Å². The first-order valence-electron chi connectivity index (χ1n) is 6.59. The van der Waals surface area contributed by atoms with Gasteiger partial charge in [0.15, 0.2) is 5.82 Å². The molecule has 8 heteroatoms. The Kier molecular flexibility index (Phi) is 4.27.